The van der Waals surface area contributed by atoms with Crippen molar-refractivity contribution in [1.29, 1.82) is 0 Å². The molecule has 0 unspecified atom stereocenters. The number of aromatic hydroxyl groups is 1. The monoisotopic (exact) mass is 497 g/mol. The summed E-state index contributed by atoms with van der Waals surface area (Å²) >= 11 is 6.11. The smallest absolute Gasteiger partial charge is 0.204 e. The number of nitrogens with one attached hydrogen (secondary N) is 1. The number of aryl methyl sites for hydroxylation is 1. The highest BCUT2D eigenvalue weighted by molar-refractivity contribution is 6.30. The number of fused-ring (bicyclic) bond motifs is 1. The molecule has 35 heavy (non-hydrogen) atoms. The first kappa shape index (κ1) is 27.4. The number of phenols is 1. The highest BCUT2D eigenvalue weighted by Crippen LogP contribution is 2.25. The number of nitrogens with zero attached hydrogens (tertiary/aromatic N) is 2. The molecule has 2 aromatic carbocycles. The third-order valence-corrected chi connectivity index (χ3v) is 7.10. The maximum atomic E-state index is 10.1. The summed E-state index contributed by atoms with van der Waals surface area (Å²) in [6.07, 6.45) is 19.1. The Kier molecular flexibility index (Phi) is 12.3. The van der Waals surface area contributed by atoms with Crippen LogP contribution in [0.3, 0.4) is 0 Å². The lowest BCUT2D eigenvalue weighted by atomic mass is 10.0. The van der Waals surface area contributed by atoms with Crippen LogP contribution in [0, 0.1) is 0 Å². The Balaban J connectivity index is 1.36. The Bertz CT molecular complexity index is 1000. The van der Waals surface area contributed by atoms with Crippen LogP contribution in [0.5, 0.6) is 5.75 Å². The van der Waals surface area contributed by atoms with Crippen LogP contribution in [0.25, 0.3) is 11.0 Å². The van der Waals surface area contributed by atoms with Gasteiger partial charge in [0.05, 0.1) is 11.0 Å². The van der Waals surface area contributed by atoms with Gasteiger partial charge >= 0.3 is 0 Å². The summed E-state index contributed by atoms with van der Waals surface area (Å²) in [5, 5.41) is 14.2. The Hall–Kier alpha value is -2.20. The number of anilines is 1. The van der Waals surface area contributed by atoms with E-state index in [1.54, 1.807) is 18.2 Å². The van der Waals surface area contributed by atoms with Crippen LogP contribution < -0.4 is 5.32 Å². The fourth-order valence-corrected chi connectivity index (χ4v) is 4.97. The van der Waals surface area contributed by atoms with Gasteiger partial charge in [-0.3, -0.25) is 0 Å². The second kappa shape index (κ2) is 15.7. The van der Waals surface area contributed by atoms with Gasteiger partial charge in [0, 0.05) is 23.7 Å². The number of benzene rings is 2. The summed E-state index contributed by atoms with van der Waals surface area (Å²) in [7, 11) is 0. The molecule has 3 rings (SSSR count). The first-order valence-electron chi connectivity index (χ1n) is 13.9. The number of rotatable bonds is 18. The molecule has 2 N–H and O–H groups in total. The molecule has 0 radical (unpaired) electrons. The largest absolute Gasteiger partial charge is 0.508 e. The van der Waals surface area contributed by atoms with Gasteiger partial charge in [0.25, 0.3) is 0 Å². The molecule has 0 atom stereocenters. The maximum absolute atomic E-state index is 10.1. The summed E-state index contributed by atoms with van der Waals surface area (Å²) in [5.74, 6) is 1.09. The van der Waals surface area contributed by atoms with Gasteiger partial charge < -0.3 is 15.0 Å². The molecule has 0 aliphatic heterocycles. The first-order valence-corrected chi connectivity index (χ1v) is 14.2. The highest BCUT2D eigenvalue weighted by atomic mass is 35.5. The molecule has 0 aliphatic rings. The van der Waals surface area contributed by atoms with Gasteiger partial charge in [0.2, 0.25) is 5.95 Å². The molecular formula is C30H44ClN3O. The van der Waals surface area contributed by atoms with E-state index >= 15 is 0 Å². The Labute approximate surface area is 217 Å². The molecule has 1 heterocycles. The molecule has 0 amide bonds. The molecule has 5 heteroatoms. The summed E-state index contributed by atoms with van der Waals surface area (Å²) in [6, 6.07) is 13.4. The van der Waals surface area contributed by atoms with Crippen LogP contribution in [-0.2, 0) is 13.1 Å². The van der Waals surface area contributed by atoms with Crippen molar-refractivity contribution in [3.05, 3.63) is 53.1 Å². The van der Waals surface area contributed by atoms with E-state index in [-0.39, 0.29) is 5.75 Å². The minimum Gasteiger partial charge on any atom is -0.508 e. The van der Waals surface area contributed by atoms with Crippen molar-refractivity contribution in [2.45, 2.75) is 110 Å². The molecule has 4 nitrogen and oxygen atoms in total. The molecule has 192 valence electrons. The van der Waals surface area contributed by atoms with Crippen LogP contribution in [0.15, 0.2) is 42.5 Å². The maximum Gasteiger partial charge on any atom is 0.204 e. The number of hydrogen-bond donors (Lipinski definition) is 2. The van der Waals surface area contributed by atoms with E-state index in [4.69, 9.17) is 16.6 Å². The van der Waals surface area contributed by atoms with Gasteiger partial charge in [-0.2, -0.15) is 0 Å². The molecule has 0 aliphatic carbocycles. The number of halogens is 1. The second-order valence-corrected chi connectivity index (χ2v) is 10.2. The van der Waals surface area contributed by atoms with Gasteiger partial charge in [0.15, 0.2) is 0 Å². The zero-order valence-corrected chi connectivity index (χ0v) is 22.3. The summed E-state index contributed by atoms with van der Waals surface area (Å²) in [6.45, 7) is 3.71. The molecule has 0 saturated heterocycles. The molecule has 0 saturated carbocycles. The minimum atomic E-state index is 0.247. The number of phenolic OH excluding ortho intramolecular Hbond substituents is 1. The number of para-hydroxylation sites is 2. The number of aromatic nitrogens is 2. The number of unbranched alkanes of at least 4 members (excludes halogenated alkanes) is 13. The van der Waals surface area contributed by atoms with Crippen molar-refractivity contribution in [3.63, 3.8) is 0 Å². The molecule has 0 bridgehead atoms. The second-order valence-electron chi connectivity index (χ2n) is 9.80. The van der Waals surface area contributed by atoms with Crippen molar-refractivity contribution in [2.24, 2.45) is 0 Å². The van der Waals surface area contributed by atoms with Crippen LogP contribution in [0.2, 0.25) is 5.02 Å². The third kappa shape index (κ3) is 9.40. The number of imidazole rings is 1. The summed E-state index contributed by atoms with van der Waals surface area (Å²) < 4.78 is 2.28. The van der Waals surface area contributed by atoms with Crippen LogP contribution >= 0.6 is 11.6 Å². The van der Waals surface area contributed by atoms with E-state index in [1.165, 1.54) is 83.5 Å². The highest BCUT2D eigenvalue weighted by Gasteiger charge is 2.11. The van der Waals surface area contributed by atoms with Crippen LogP contribution in [0.4, 0.5) is 5.95 Å². The standard InChI is InChI=1S/C30H44ClN3O/c1-2-3-4-5-6-7-8-9-10-11-12-13-14-17-22-34-28-19-16-15-18-27(28)33-30(34)32-24-25-23-26(31)20-21-29(25)35/h15-16,18-21,23,35H,2-14,17,22,24H2,1H3,(H,32,33). The molecular weight excluding hydrogens is 454 g/mol. The predicted molar refractivity (Wildman–Crippen MR) is 150 cm³/mol. The lowest BCUT2D eigenvalue weighted by Crippen LogP contribution is -2.08. The van der Waals surface area contributed by atoms with E-state index in [1.807, 2.05) is 6.07 Å². The summed E-state index contributed by atoms with van der Waals surface area (Å²) in [4.78, 5) is 4.80. The third-order valence-electron chi connectivity index (χ3n) is 6.87. The van der Waals surface area contributed by atoms with E-state index in [0.717, 1.165) is 35.5 Å². The van der Waals surface area contributed by atoms with Gasteiger partial charge in [-0.05, 0) is 36.8 Å². The average Bonchev–Trinajstić information content (AvgIpc) is 3.22. The van der Waals surface area contributed by atoms with Crippen molar-refractivity contribution in [3.8, 4) is 5.75 Å². The van der Waals surface area contributed by atoms with Gasteiger partial charge in [-0.15, -0.1) is 0 Å². The molecule has 3 aromatic rings. The fourth-order valence-electron chi connectivity index (χ4n) is 4.77. The van der Waals surface area contributed by atoms with Crippen molar-refractivity contribution in [1.82, 2.24) is 9.55 Å². The number of hydrogen-bond acceptors (Lipinski definition) is 3. The first-order chi connectivity index (χ1) is 17.2. The lowest BCUT2D eigenvalue weighted by molar-refractivity contribution is 0.469. The van der Waals surface area contributed by atoms with Gasteiger partial charge in [0.1, 0.15) is 5.75 Å². The van der Waals surface area contributed by atoms with Crippen LogP contribution in [0.1, 0.15) is 102 Å². The molecule has 0 fully saturated rings. The van der Waals surface area contributed by atoms with E-state index in [9.17, 15) is 5.11 Å². The quantitative estimate of drug-likeness (QED) is 0.172. The zero-order chi connectivity index (χ0) is 24.7. The Morgan fingerprint density at radius 1 is 0.800 bits per heavy atom. The normalized spacial score (nSPS) is 11.4. The van der Waals surface area contributed by atoms with Gasteiger partial charge in [-0.25, -0.2) is 4.98 Å². The topological polar surface area (TPSA) is 50.1 Å². The van der Waals surface area contributed by atoms with Crippen LogP contribution in [-0.4, -0.2) is 14.7 Å². The van der Waals surface area contributed by atoms with E-state index in [0.29, 0.717) is 11.6 Å². The Morgan fingerprint density at radius 3 is 2.06 bits per heavy atom. The summed E-state index contributed by atoms with van der Waals surface area (Å²) in [5.41, 5.74) is 2.92. The zero-order valence-electron chi connectivity index (χ0n) is 21.6. The minimum absolute atomic E-state index is 0.247. The predicted octanol–water partition coefficient (Wildman–Crippen LogP) is 9.49. The van der Waals surface area contributed by atoms with E-state index in [2.05, 4.69) is 35.0 Å². The van der Waals surface area contributed by atoms with Crippen molar-refractivity contribution < 1.29 is 5.11 Å². The Morgan fingerprint density at radius 2 is 1.40 bits per heavy atom. The lowest BCUT2D eigenvalue weighted by Gasteiger charge is -2.12. The molecule has 1 aromatic heterocycles. The fraction of sp³-hybridized carbons (Fsp3) is 0.567. The molecule has 0 spiro atoms. The SMILES string of the molecule is CCCCCCCCCCCCCCCCn1c(NCc2cc(Cl)ccc2O)nc2ccccc21. The average molecular weight is 498 g/mol. The van der Waals surface area contributed by atoms with Gasteiger partial charge in [-0.1, -0.05) is 114 Å². The van der Waals surface area contributed by atoms with Crippen molar-refractivity contribution >= 4 is 28.6 Å². The van der Waals surface area contributed by atoms with Crippen molar-refractivity contribution in [2.75, 3.05) is 5.32 Å². The van der Waals surface area contributed by atoms with E-state index < -0.39 is 0 Å².